The zero-order chi connectivity index (χ0) is 28.5. The fourth-order valence-electron chi connectivity index (χ4n) is 4.81. The number of benzene rings is 1. The Kier molecular flexibility index (Phi) is 9.98. The molecule has 4 rings (SSSR count). The van der Waals surface area contributed by atoms with Gasteiger partial charge in [0.25, 0.3) is 5.91 Å². The molecule has 0 spiro atoms. The molecule has 40 heavy (non-hydrogen) atoms. The number of carbonyl (C=O) groups excluding carboxylic acids is 2. The number of aromatic nitrogens is 3. The van der Waals surface area contributed by atoms with Crippen LogP contribution in [0.25, 0.3) is 11.0 Å². The Morgan fingerprint density at radius 3 is 2.90 bits per heavy atom. The highest BCUT2D eigenvalue weighted by molar-refractivity contribution is 6.04. The van der Waals surface area contributed by atoms with Gasteiger partial charge in [0.2, 0.25) is 11.9 Å². The summed E-state index contributed by atoms with van der Waals surface area (Å²) in [4.78, 5) is 43.7. The smallest absolute Gasteiger partial charge is 0.258 e. The van der Waals surface area contributed by atoms with Gasteiger partial charge in [-0.05, 0) is 64.0 Å². The lowest BCUT2D eigenvalue weighted by molar-refractivity contribution is -0.126. The number of nitrogens with one attached hydrogen (secondary N) is 3. The van der Waals surface area contributed by atoms with Crippen molar-refractivity contribution in [2.45, 2.75) is 39.2 Å². The van der Waals surface area contributed by atoms with Gasteiger partial charge in [0.15, 0.2) is 5.82 Å². The molecule has 3 N–H and O–H groups in total. The largest absolute Gasteiger partial charge is 0.337 e. The minimum atomic E-state index is -0.305. The number of likely N-dealkylation sites (tertiary alicyclic amines) is 1. The number of aryl methyl sites for hydroxylation is 1. The molecule has 1 atom stereocenters. The number of imidazole rings is 1. The first-order chi connectivity index (χ1) is 19.4. The number of para-hydroxylation sites is 1. The molecule has 2 aromatic heterocycles. The summed E-state index contributed by atoms with van der Waals surface area (Å²) in [5, 5.41) is 3.04. The molecule has 1 saturated heterocycles. The molecule has 214 valence electrons. The van der Waals surface area contributed by atoms with Gasteiger partial charge in [-0.1, -0.05) is 25.1 Å². The third-order valence-electron chi connectivity index (χ3n) is 6.74. The van der Waals surface area contributed by atoms with Crippen LogP contribution in [-0.4, -0.2) is 82.8 Å². The second-order valence-electron chi connectivity index (χ2n) is 10.1. The molecule has 3 heterocycles. The van der Waals surface area contributed by atoms with Gasteiger partial charge in [-0.15, -0.1) is 0 Å². The van der Waals surface area contributed by atoms with Crippen molar-refractivity contribution < 1.29 is 11.0 Å². The molecule has 1 fully saturated rings. The third kappa shape index (κ3) is 7.30. The lowest BCUT2D eigenvalue weighted by Gasteiger charge is -2.26. The average Bonchev–Trinajstić information content (AvgIpc) is 3.12. The van der Waals surface area contributed by atoms with Crippen molar-refractivity contribution in [3.05, 3.63) is 59.8 Å². The molecule has 11 nitrogen and oxygen atoms in total. The van der Waals surface area contributed by atoms with Gasteiger partial charge in [0.1, 0.15) is 6.34 Å². The van der Waals surface area contributed by atoms with Crippen molar-refractivity contribution in [3.8, 4) is 0 Å². The zero-order valence-electron chi connectivity index (χ0n) is 23.7. The van der Waals surface area contributed by atoms with E-state index < -0.39 is 0 Å². The number of pyridine rings is 1. The van der Waals surface area contributed by atoms with Crippen LogP contribution in [0.5, 0.6) is 0 Å². The van der Waals surface area contributed by atoms with Crippen LogP contribution in [0.15, 0.2) is 53.7 Å². The molecular formula is C29H41N9O2. The van der Waals surface area contributed by atoms with Gasteiger partial charge < -0.3 is 19.8 Å². The van der Waals surface area contributed by atoms with E-state index in [1.165, 1.54) is 6.34 Å². The summed E-state index contributed by atoms with van der Waals surface area (Å²) in [7, 11) is 3.95. The monoisotopic (exact) mass is 547 g/mol. The summed E-state index contributed by atoms with van der Waals surface area (Å²) < 4.78 is 2.11. The van der Waals surface area contributed by atoms with Crippen LogP contribution >= 0.6 is 0 Å². The van der Waals surface area contributed by atoms with E-state index in [-0.39, 0.29) is 19.3 Å². The highest BCUT2D eigenvalue weighted by Crippen LogP contribution is 2.32. The van der Waals surface area contributed by atoms with Crippen LogP contribution in [0.4, 0.5) is 11.8 Å². The van der Waals surface area contributed by atoms with Crippen LogP contribution in [0.1, 0.15) is 49.6 Å². The Morgan fingerprint density at radius 1 is 1.25 bits per heavy atom. The number of anilines is 1. The number of hydrogen-bond acceptors (Lipinski definition) is 7. The maximum atomic E-state index is 13.4. The summed E-state index contributed by atoms with van der Waals surface area (Å²) in [6.45, 7) is 6.71. The predicted octanol–water partition coefficient (Wildman–Crippen LogP) is 3.68. The number of aliphatic imine (C=N–C) groups is 1. The van der Waals surface area contributed by atoms with Crippen LogP contribution in [0, 0.1) is 6.92 Å². The number of hydrogen-bond donors (Lipinski definition) is 3. The average molecular weight is 548 g/mol. The van der Waals surface area contributed by atoms with Gasteiger partial charge in [0.05, 0.1) is 17.1 Å². The molecule has 11 heteroatoms. The Morgan fingerprint density at radius 2 is 2.10 bits per heavy atom. The van der Waals surface area contributed by atoms with Gasteiger partial charge in [-0.25, -0.2) is 20.4 Å². The van der Waals surface area contributed by atoms with Crippen molar-refractivity contribution in [3.63, 3.8) is 0 Å². The number of likely N-dealkylation sites (N-methyl/N-ethyl adjacent to an activating group) is 1. The quantitative estimate of drug-likeness (QED) is 0.116. The SMILES string of the molecule is CCNNC=Nc1cc(C(=O)Nc2nc3cccc(C)c3n2C2CCCCN(C(=O)/C=C/CN(C)C)C2)ccn1.[HH]. The van der Waals surface area contributed by atoms with Crippen molar-refractivity contribution in [2.75, 3.05) is 45.6 Å². The summed E-state index contributed by atoms with van der Waals surface area (Å²) in [5.74, 6) is 0.574. The first-order valence-corrected chi connectivity index (χ1v) is 13.7. The molecular weight excluding hydrogens is 506 g/mol. The van der Waals surface area contributed by atoms with E-state index in [9.17, 15) is 9.59 Å². The molecule has 1 aromatic carbocycles. The number of fused-ring (bicyclic) bond motifs is 1. The van der Waals surface area contributed by atoms with Gasteiger partial charge in [0, 0.05) is 45.4 Å². The maximum absolute atomic E-state index is 13.4. The maximum Gasteiger partial charge on any atom is 0.258 e. The zero-order valence-corrected chi connectivity index (χ0v) is 23.7. The topological polar surface area (TPSA) is 120 Å². The Labute approximate surface area is 236 Å². The van der Waals surface area contributed by atoms with Crippen LogP contribution < -0.4 is 16.2 Å². The first-order valence-electron chi connectivity index (χ1n) is 13.7. The first kappa shape index (κ1) is 28.9. The van der Waals surface area contributed by atoms with Crippen LogP contribution in [-0.2, 0) is 4.79 Å². The Balaban J connectivity index is 0.00000462. The van der Waals surface area contributed by atoms with Gasteiger partial charge in [-0.3, -0.25) is 14.9 Å². The fourth-order valence-corrected chi connectivity index (χ4v) is 4.81. The number of carbonyl (C=O) groups is 2. The second kappa shape index (κ2) is 13.8. The van der Waals surface area contributed by atoms with E-state index >= 15 is 0 Å². The molecule has 0 bridgehead atoms. The molecule has 1 aliphatic heterocycles. The summed E-state index contributed by atoms with van der Waals surface area (Å²) >= 11 is 0. The standard InChI is InChI=1S/C29H39N9O2.H2/c1-5-32-33-20-31-25-18-22(14-15-30-25)28(40)35-29-34-24-12-8-10-21(2)27(24)38(29)23-11-6-7-17-37(19-23)26(39)13-9-16-36(3)4;/h8-10,12-15,18,20,23,32H,5-7,11,16-17,19H2,1-4H3,(H,30,31,33)(H,34,35,40);1H/b13-9+;. The fraction of sp³-hybridized carbons (Fsp3) is 0.414. The summed E-state index contributed by atoms with van der Waals surface area (Å²) in [6.07, 6.45) is 9.39. The van der Waals surface area contributed by atoms with E-state index in [0.717, 1.165) is 42.4 Å². The number of amides is 2. The van der Waals surface area contributed by atoms with E-state index in [2.05, 4.69) is 30.7 Å². The lowest BCUT2D eigenvalue weighted by Crippen LogP contribution is -2.35. The van der Waals surface area contributed by atoms with Crippen LogP contribution in [0.3, 0.4) is 0 Å². The third-order valence-corrected chi connectivity index (χ3v) is 6.74. The van der Waals surface area contributed by atoms with Crippen molar-refractivity contribution >= 4 is 41.0 Å². The van der Waals surface area contributed by atoms with Gasteiger partial charge in [-0.2, -0.15) is 0 Å². The molecule has 0 aliphatic carbocycles. The predicted molar refractivity (Wildman–Crippen MR) is 161 cm³/mol. The molecule has 2 amide bonds. The number of hydrazine groups is 1. The van der Waals surface area contributed by atoms with Crippen molar-refractivity contribution in [2.24, 2.45) is 4.99 Å². The van der Waals surface area contributed by atoms with Crippen molar-refractivity contribution in [1.82, 2.24) is 35.2 Å². The second-order valence-corrected chi connectivity index (χ2v) is 10.1. The molecule has 1 aliphatic rings. The van der Waals surface area contributed by atoms with Crippen molar-refractivity contribution in [1.29, 1.82) is 0 Å². The van der Waals surface area contributed by atoms with E-state index in [1.54, 1.807) is 24.4 Å². The molecule has 0 saturated carbocycles. The normalized spacial score (nSPS) is 16.2. The minimum Gasteiger partial charge on any atom is -0.337 e. The van der Waals surface area contributed by atoms with Gasteiger partial charge >= 0.3 is 0 Å². The highest BCUT2D eigenvalue weighted by Gasteiger charge is 2.27. The van der Waals surface area contributed by atoms with E-state index in [0.29, 0.717) is 37.0 Å². The minimum absolute atomic E-state index is 0. The van der Waals surface area contributed by atoms with E-state index in [1.807, 2.05) is 62.0 Å². The molecule has 1 unspecified atom stereocenters. The summed E-state index contributed by atoms with van der Waals surface area (Å²) in [6, 6.07) is 9.21. The van der Waals surface area contributed by atoms with Crippen LogP contribution in [0.2, 0.25) is 0 Å². The highest BCUT2D eigenvalue weighted by atomic mass is 16.2. The lowest BCUT2D eigenvalue weighted by atomic mass is 10.1. The molecule has 0 radical (unpaired) electrons. The Bertz CT molecular complexity index is 1390. The number of nitrogens with zero attached hydrogens (tertiary/aromatic N) is 6. The Hall–Kier alpha value is -4.09. The molecule has 3 aromatic rings. The van der Waals surface area contributed by atoms with E-state index in [4.69, 9.17) is 4.98 Å². The number of rotatable bonds is 10. The summed E-state index contributed by atoms with van der Waals surface area (Å²) in [5.41, 5.74) is 9.02.